The third-order valence-corrected chi connectivity index (χ3v) is 5.30. The maximum Gasteiger partial charge on any atom is 0.129 e. The van der Waals surface area contributed by atoms with Gasteiger partial charge < -0.3 is 15.4 Å². The van der Waals surface area contributed by atoms with Gasteiger partial charge in [0.2, 0.25) is 0 Å². The lowest BCUT2D eigenvalue weighted by Gasteiger charge is -2.30. The second-order valence-electron chi connectivity index (χ2n) is 5.78. The van der Waals surface area contributed by atoms with Crippen LogP contribution in [0.25, 0.3) is 5.70 Å². The van der Waals surface area contributed by atoms with Crippen molar-refractivity contribution < 1.29 is 4.74 Å². The number of methoxy groups -OCH3 is 1. The van der Waals surface area contributed by atoms with E-state index in [1.807, 2.05) is 24.0 Å². The van der Waals surface area contributed by atoms with Crippen LogP contribution in [0.4, 0.5) is 0 Å². The van der Waals surface area contributed by atoms with Crippen molar-refractivity contribution in [3.05, 3.63) is 57.3 Å². The Labute approximate surface area is 166 Å². The van der Waals surface area contributed by atoms with E-state index in [1.165, 1.54) is 5.57 Å². The van der Waals surface area contributed by atoms with Gasteiger partial charge >= 0.3 is 0 Å². The minimum Gasteiger partial charge on any atom is -0.496 e. The molecule has 1 aromatic rings. The van der Waals surface area contributed by atoms with Crippen LogP contribution in [0.1, 0.15) is 5.56 Å². The van der Waals surface area contributed by atoms with E-state index < -0.39 is 0 Å². The number of thioether (sulfide) groups is 1. The van der Waals surface area contributed by atoms with Crippen molar-refractivity contribution in [2.75, 3.05) is 25.8 Å². The van der Waals surface area contributed by atoms with Crippen molar-refractivity contribution in [3.8, 4) is 5.75 Å². The minimum absolute atomic E-state index is 0.0658. The Morgan fingerprint density at radius 1 is 1.32 bits per heavy atom. The van der Waals surface area contributed by atoms with Crippen molar-refractivity contribution in [3.63, 3.8) is 0 Å². The lowest BCUT2D eigenvalue weighted by atomic mass is 10.1. The number of halogens is 1. The predicted octanol–water partition coefficient (Wildman–Crippen LogP) is 2.44. The zero-order chi connectivity index (χ0) is 17.6. The molecule has 0 aliphatic carbocycles. The van der Waals surface area contributed by atoms with Gasteiger partial charge in [0.1, 0.15) is 5.75 Å². The highest BCUT2D eigenvalue weighted by molar-refractivity contribution is 14.1. The smallest absolute Gasteiger partial charge is 0.129 e. The number of hydrogen-bond donors (Lipinski definition) is 4. The molecule has 0 bridgehead atoms. The molecule has 0 aromatic heterocycles. The molecule has 7 heteroatoms. The van der Waals surface area contributed by atoms with E-state index in [9.17, 15) is 0 Å². The largest absolute Gasteiger partial charge is 0.496 e. The van der Waals surface area contributed by atoms with Crippen molar-refractivity contribution in [2.24, 2.45) is 0 Å². The maximum absolute atomic E-state index is 5.55. The average Bonchev–Trinajstić information content (AvgIpc) is 2.62. The van der Waals surface area contributed by atoms with Crippen molar-refractivity contribution in [2.45, 2.75) is 12.3 Å². The topological polar surface area (TPSA) is 57.4 Å². The van der Waals surface area contributed by atoms with Gasteiger partial charge in [0.05, 0.1) is 26.1 Å². The monoisotopic (exact) mass is 470 g/mol. The molecule has 134 valence electrons. The summed E-state index contributed by atoms with van der Waals surface area (Å²) >= 11 is 4.13. The molecule has 4 N–H and O–H groups in total. The SMILES string of the molecule is COc1cc(I)ccc1C1=CC(NC2C=C(CSC)C=CN2)NCN1. The summed E-state index contributed by atoms with van der Waals surface area (Å²) in [5.41, 5.74) is 3.48. The van der Waals surface area contributed by atoms with Crippen LogP contribution in [-0.4, -0.2) is 38.1 Å². The van der Waals surface area contributed by atoms with Gasteiger partial charge in [0, 0.05) is 20.6 Å². The summed E-state index contributed by atoms with van der Waals surface area (Å²) < 4.78 is 6.71. The quantitative estimate of drug-likeness (QED) is 0.480. The molecule has 2 aliphatic rings. The standard InChI is InChI=1S/C18H23IN4OS/c1-24-16-8-13(19)3-4-14(16)15-9-18(22-11-21-15)23-17-7-12(10-25-2)5-6-20-17/h3-9,17-18,20-23H,10-11H2,1-2H3. The molecule has 0 amide bonds. The molecular formula is C18H23IN4OS. The second kappa shape index (κ2) is 8.98. The summed E-state index contributed by atoms with van der Waals surface area (Å²) in [4.78, 5) is 0. The molecule has 2 heterocycles. The average molecular weight is 470 g/mol. The molecule has 0 saturated carbocycles. The van der Waals surface area contributed by atoms with Crippen molar-refractivity contribution in [1.82, 2.24) is 21.3 Å². The highest BCUT2D eigenvalue weighted by Gasteiger charge is 2.19. The van der Waals surface area contributed by atoms with Crippen LogP contribution in [0.15, 0.2) is 48.2 Å². The summed E-state index contributed by atoms with van der Waals surface area (Å²) in [6.45, 7) is 0.697. The van der Waals surface area contributed by atoms with Crippen LogP contribution in [0.3, 0.4) is 0 Å². The highest BCUT2D eigenvalue weighted by Crippen LogP contribution is 2.27. The molecule has 0 radical (unpaired) electrons. The van der Waals surface area contributed by atoms with Gasteiger partial charge in [-0.3, -0.25) is 10.6 Å². The molecule has 0 fully saturated rings. The molecule has 0 saturated heterocycles. The van der Waals surface area contributed by atoms with E-state index >= 15 is 0 Å². The molecule has 0 spiro atoms. The van der Waals surface area contributed by atoms with Gasteiger partial charge in [-0.1, -0.05) is 0 Å². The molecule has 2 aliphatic heterocycles. The lowest BCUT2D eigenvalue weighted by Crippen LogP contribution is -2.54. The van der Waals surface area contributed by atoms with Crippen LogP contribution in [0, 0.1) is 3.57 Å². The van der Waals surface area contributed by atoms with E-state index in [0.717, 1.165) is 26.3 Å². The third kappa shape index (κ3) is 4.93. The Morgan fingerprint density at radius 3 is 3.00 bits per heavy atom. The fourth-order valence-electron chi connectivity index (χ4n) is 2.85. The number of ether oxygens (including phenoxy) is 1. The van der Waals surface area contributed by atoms with Gasteiger partial charge in [-0.05, 0) is 77.0 Å². The van der Waals surface area contributed by atoms with Gasteiger partial charge in [-0.15, -0.1) is 0 Å². The van der Waals surface area contributed by atoms with Gasteiger partial charge in [0.25, 0.3) is 0 Å². The summed E-state index contributed by atoms with van der Waals surface area (Å²) in [7, 11) is 1.71. The van der Waals surface area contributed by atoms with Crippen LogP contribution in [0.2, 0.25) is 0 Å². The zero-order valence-electron chi connectivity index (χ0n) is 14.3. The Bertz CT molecular complexity index is 704. The Morgan fingerprint density at radius 2 is 2.20 bits per heavy atom. The number of rotatable bonds is 6. The van der Waals surface area contributed by atoms with Gasteiger partial charge in [-0.2, -0.15) is 11.8 Å². The fraction of sp³-hybridized carbons (Fsp3) is 0.333. The first-order valence-corrected chi connectivity index (χ1v) is 10.6. The molecule has 1 aromatic carbocycles. The highest BCUT2D eigenvalue weighted by atomic mass is 127. The summed E-state index contributed by atoms with van der Waals surface area (Å²) in [5, 5.41) is 13.7. The van der Waals surface area contributed by atoms with Crippen LogP contribution in [-0.2, 0) is 0 Å². The zero-order valence-corrected chi connectivity index (χ0v) is 17.3. The fourth-order valence-corrected chi connectivity index (χ4v) is 3.84. The van der Waals surface area contributed by atoms with Gasteiger partial charge in [-0.25, -0.2) is 0 Å². The van der Waals surface area contributed by atoms with Crippen molar-refractivity contribution >= 4 is 40.0 Å². The Kier molecular flexibility index (Phi) is 6.69. The van der Waals surface area contributed by atoms with Gasteiger partial charge in [0.15, 0.2) is 0 Å². The number of allylic oxidation sites excluding steroid dienone is 1. The summed E-state index contributed by atoms with van der Waals surface area (Å²) in [6, 6.07) is 6.24. The number of benzene rings is 1. The second-order valence-corrected chi connectivity index (χ2v) is 7.89. The molecular weight excluding hydrogens is 447 g/mol. The van der Waals surface area contributed by atoms with E-state index in [4.69, 9.17) is 4.74 Å². The first kappa shape index (κ1) is 18.6. The lowest BCUT2D eigenvalue weighted by molar-refractivity contribution is 0.408. The number of dihydropyridines is 1. The number of hydrogen-bond acceptors (Lipinski definition) is 6. The van der Waals surface area contributed by atoms with E-state index in [2.05, 4.69) is 80.5 Å². The third-order valence-electron chi connectivity index (χ3n) is 4.01. The van der Waals surface area contributed by atoms with E-state index in [0.29, 0.717) is 6.67 Å². The first-order chi connectivity index (χ1) is 12.2. The Balaban J connectivity index is 1.74. The van der Waals surface area contributed by atoms with Crippen LogP contribution in [0.5, 0.6) is 5.75 Å². The van der Waals surface area contributed by atoms with E-state index in [-0.39, 0.29) is 12.3 Å². The summed E-state index contributed by atoms with van der Waals surface area (Å²) in [6.07, 6.45) is 10.8. The first-order valence-electron chi connectivity index (χ1n) is 8.11. The molecule has 3 rings (SSSR count). The maximum atomic E-state index is 5.55. The predicted molar refractivity (Wildman–Crippen MR) is 114 cm³/mol. The normalized spacial score (nSPS) is 22.5. The van der Waals surface area contributed by atoms with Crippen LogP contribution < -0.4 is 26.0 Å². The molecule has 2 atom stereocenters. The van der Waals surface area contributed by atoms with Crippen molar-refractivity contribution in [1.29, 1.82) is 0 Å². The Hall–Kier alpha value is -1.16. The molecule has 5 nitrogen and oxygen atoms in total. The number of nitrogens with one attached hydrogen (secondary N) is 4. The van der Waals surface area contributed by atoms with Crippen LogP contribution >= 0.6 is 34.4 Å². The molecule has 25 heavy (non-hydrogen) atoms. The van der Waals surface area contributed by atoms with E-state index in [1.54, 1.807) is 7.11 Å². The minimum atomic E-state index is 0.0658. The molecule has 2 unspecified atom stereocenters. The summed E-state index contributed by atoms with van der Waals surface area (Å²) in [5.74, 6) is 1.91.